The molecular formula is C14H9N3S. The molecule has 0 unspecified atom stereocenters. The average Bonchev–Trinajstić information content (AvgIpc) is 3.04. The van der Waals surface area contributed by atoms with E-state index in [2.05, 4.69) is 16.0 Å². The van der Waals surface area contributed by atoms with Gasteiger partial charge in [-0.2, -0.15) is 16.6 Å². The maximum absolute atomic E-state index is 9.23. The van der Waals surface area contributed by atoms with Crippen LogP contribution in [0.2, 0.25) is 0 Å². The highest BCUT2D eigenvalue weighted by Gasteiger charge is 2.07. The predicted octanol–water partition coefficient (Wildman–Crippen LogP) is 3.69. The summed E-state index contributed by atoms with van der Waals surface area (Å²) in [5, 5.41) is 13.2. The number of aromatic nitrogens is 2. The monoisotopic (exact) mass is 251 g/mol. The summed E-state index contributed by atoms with van der Waals surface area (Å²) in [6.45, 7) is 0. The molecule has 0 amide bonds. The average molecular weight is 251 g/mol. The molecule has 0 bridgehead atoms. The van der Waals surface area contributed by atoms with Gasteiger partial charge in [-0.15, -0.1) is 0 Å². The molecule has 2 aromatic heterocycles. The zero-order valence-corrected chi connectivity index (χ0v) is 10.2. The molecule has 3 rings (SSSR count). The summed E-state index contributed by atoms with van der Waals surface area (Å²) in [5.74, 6) is 0.616. The second kappa shape index (κ2) is 4.47. The fourth-order valence-electron chi connectivity index (χ4n) is 1.76. The maximum atomic E-state index is 9.23. The van der Waals surface area contributed by atoms with E-state index in [0.717, 1.165) is 16.6 Å². The molecule has 0 aliphatic heterocycles. The van der Waals surface area contributed by atoms with E-state index < -0.39 is 0 Å². The van der Waals surface area contributed by atoms with Crippen molar-refractivity contribution in [2.24, 2.45) is 0 Å². The Kier molecular flexibility index (Phi) is 2.67. The van der Waals surface area contributed by atoms with Gasteiger partial charge in [-0.1, -0.05) is 12.1 Å². The van der Waals surface area contributed by atoms with E-state index in [0.29, 0.717) is 11.4 Å². The zero-order valence-electron chi connectivity index (χ0n) is 9.42. The number of aromatic amines is 1. The molecule has 0 saturated carbocycles. The van der Waals surface area contributed by atoms with Gasteiger partial charge in [0.2, 0.25) is 0 Å². The quantitative estimate of drug-likeness (QED) is 0.706. The van der Waals surface area contributed by atoms with Gasteiger partial charge in [-0.3, -0.25) is 0 Å². The van der Waals surface area contributed by atoms with Crippen molar-refractivity contribution < 1.29 is 0 Å². The number of hydrogen-bond acceptors (Lipinski definition) is 3. The van der Waals surface area contributed by atoms with Gasteiger partial charge in [-0.05, 0) is 40.6 Å². The number of allylic oxidation sites excluding steroid dienone is 1. The van der Waals surface area contributed by atoms with Crippen molar-refractivity contribution in [2.45, 2.75) is 0 Å². The van der Waals surface area contributed by atoms with Crippen LogP contribution in [0, 0.1) is 11.3 Å². The third-order valence-corrected chi connectivity index (χ3v) is 3.32. The molecule has 0 fully saturated rings. The molecule has 0 atom stereocenters. The Hall–Kier alpha value is -2.38. The van der Waals surface area contributed by atoms with Gasteiger partial charge >= 0.3 is 0 Å². The molecule has 0 saturated heterocycles. The molecule has 4 heteroatoms. The summed E-state index contributed by atoms with van der Waals surface area (Å²) in [7, 11) is 0. The molecule has 0 spiro atoms. The van der Waals surface area contributed by atoms with Crippen LogP contribution >= 0.6 is 11.3 Å². The second-order valence-electron chi connectivity index (χ2n) is 3.83. The summed E-state index contributed by atoms with van der Waals surface area (Å²) in [6.07, 6.45) is 1.84. The Labute approximate surface area is 108 Å². The summed E-state index contributed by atoms with van der Waals surface area (Å²) in [5.41, 5.74) is 3.39. The smallest absolute Gasteiger partial charge is 0.149 e. The van der Waals surface area contributed by atoms with Crippen LogP contribution in [0.3, 0.4) is 0 Å². The zero-order chi connectivity index (χ0) is 12.4. The standard InChI is InChI=1S/C14H9N3S/c15-8-11(7-10-5-6-18-9-10)14-16-12-3-1-2-4-13(12)17-14/h1-7,9H,(H,16,17). The van der Waals surface area contributed by atoms with Gasteiger partial charge in [0.1, 0.15) is 11.9 Å². The van der Waals surface area contributed by atoms with Gasteiger partial charge in [0.05, 0.1) is 16.6 Å². The molecule has 0 radical (unpaired) electrons. The molecule has 18 heavy (non-hydrogen) atoms. The minimum absolute atomic E-state index is 0.546. The molecule has 3 nitrogen and oxygen atoms in total. The van der Waals surface area contributed by atoms with Crippen molar-refractivity contribution >= 4 is 34.0 Å². The second-order valence-corrected chi connectivity index (χ2v) is 4.61. The van der Waals surface area contributed by atoms with Gasteiger partial charge in [0.25, 0.3) is 0 Å². The highest BCUT2D eigenvalue weighted by molar-refractivity contribution is 7.08. The molecule has 86 valence electrons. The first-order valence-electron chi connectivity index (χ1n) is 5.46. The molecule has 0 aliphatic carbocycles. The number of H-pyrrole nitrogens is 1. The third-order valence-electron chi connectivity index (χ3n) is 2.62. The fourth-order valence-corrected chi connectivity index (χ4v) is 2.38. The predicted molar refractivity (Wildman–Crippen MR) is 73.9 cm³/mol. The van der Waals surface area contributed by atoms with E-state index in [1.807, 2.05) is 47.2 Å². The number of fused-ring (bicyclic) bond motifs is 1. The molecular weight excluding hydrogens is 242 g/mol. The highest BCUT2D eigenvalue weighted by atomic mass is 32.1. The summed E-state index contributed by atoms with van der Waals surface area (Å²) in [4.78, 5) is 7.58. The van der Waals surface area contributed by atoms with E-state index in [1.54, 1.807) is 11.3 Å². The number of nitrogens with zero attached hydrogens (tertiary/aromatic N) is 2. The minimum atomic E-state index is 0.546. The fraction of sp³-hybridized carbons (Fsp3) is 0. The summed E-state index contributed by atoms with van der Waals surface area (Å²) < 4.78 is 0. The van der Waals surface area contributed by atoms with Crippen LogP contribution in [0.5, 0.6) is 0 Å². The van der Waals surface area contributed by atoms with Gasteiger partial charge in [-0.25, -0.2) is 4.98 Å². The Bertz CT molecular complexity index is 712. The van der Waals surface area contributed by atoms with Gasteiger partial charge < -0.3 is 4.98 Å². The van der Waals surface area contributed by atoms with Crippen molar-refractivity contribution in [3.05, 3.63) is 52.5 Å². The Morgan fingerprint density at radius 1 is 1.33 bits per heavy atom. The first kappa shape index (κ1) is 10.8. The highest BCUT2D eigenvalue weighted by Crippen LogP contribution is 2.19. The Balaban J connectivity index is 2.09. The minimum Gasteiger partial charge on any atom is -0.337 e. The van der Waals surface area contributed by atoms with Crippen molar-refractivity contribution in [1.82, 2.24) is 9.97 Å². The largest absolute Gasteiger partial charge is 0.337 e. The lowest BCUT2D eigenvalue weighted by Crippen LogP contribution is -1.83. The third kappa shape index (κ3) is 1.92. The van der Waals surface area contributed by atoms with Crippen molar-refractivity contribution in [3.8, 4) is 6.07 Å². The first-order chi connectivity index (χ1) is 8.86. The van der Waals surface area contributed by atoms with Crippen molar-refractivity contribution in [2.75, 3.05) is 0 Å². The van der Waals surface area contributed by atoms with E-state index in [1.165, 1.54) is 0 Å². The van der Waals surface area contributed by atoms with Crippen LogP contribution in [0.1, 0.15) is 11.4 Å². The molecule has 1 aromatic carbocycles. The van der Waals surface area contributed by atoms with Gasteiger partial charge in [0.15, 0.2) is 0 Å². The number of benzene rings is 1. The van der Waals surface area contributed by atoms with E-state index in [9.17, 15) is 5.26 Å². The first-order valence-corrected chi connectivity index (χ1v) is 6.40. The van der Waals surface area contributed by atoms with Crippen molar-refractivity contribution in [3.63, 3.8) is 0 Å². The number of imidazole rings is 1. The van der Waals surface area contributed by atoms with Crippen LogP contribution in [0.4, 0.5) is 0 Å². The normalized spacial score (nSPS) is 11.6. The van der Waals surface area contributed by atoms with Crippen LogP contribution in [-0.4, -0.2) is 9.97 Å². The summed E-state index contributed by atoms with van der Waals surface area (Å²) >= 11 is 1.61. The molecule has 3 aromatic rings. The van der Waals surface area contributed by atoms with E-state index >= 15 is 0 Å². The summed E-state index contributed by atoms with van der Waals surface area (Å²) in [6, 6.07) is 11.9. The SMILES string of the molecule is N#CC(=Cc1ccsc1)c1nc2ccccc2[nH]1. The number of thiophene rings is 1. The number of hydrogen-bond donors (Lipinski definition) is 1. The van der Waals surface area contributed by atoms with Crippen LogP contribution in [0.15, 0.2) is 41.1 Å². The Morgan fingerprint density at radius 3 is 2.94 bits per heavy atom. The Morgan fingerprint density at radius 2 is 2.22 bits per heavy atom. The lowest BCUT2D eigenvalue weighted by molar-refractivity contribution is 1.27. The van der Waals surface area contributed by atoms with Gasteiger partial charge in [0, 0.05) is 0 Å². The lowest BCUT2D eigenvalue weighted by Gasteiger charge is -1.91. The lowest BCUT2D eigenvalue weighted by atomic mass is 10.2. The van der Waals surface area contributed by atoms with Crippen LogP contribution in [-0.2, 0) is 0 Å². The number of para-hydroxylation sites is 2. The number of nitriles is 1. The topological polar surface area (TPSA) is 52.5 Å². The van der Waals surface area contributed by atoms with Crippen LogP contribution in [0.25, 0.3) is 22.7 Å². The van der Waals surface area contributed by atoms with E-state index in [4.69, 9.17) is 0 Å². The molecule has 1 N–H and O–H groups in total. The maximum Gasteiger partial charge on any atom is 0.149 e. The number of rotatable bonds is 2. The van der Waals surface area contributed by atoms with E-state index in [-0.39, 0.29) is 0 Å². The molecule has 0 aliphatic rings. The van der Waals surface area contributed by atoms with Crippen molar-refractivity contribution in [1.29, 1.82) is 5.26 Å². The number of nitrogens with one attached hydrogen (secondary N) is 1. The van der Waals surface area contributed by atoms with Crippen LogP contribution < -0.4 is 0 Å². The molecule has 2 heterocycles.